The van der Waals surface area contributed by atoms with E-state index in [1.165, 1.54) is 0 Å². The maximum Gasteiger partial charge on any atom is 0.252 e. The van der Waals surface area contributed by atoms with E-state index < -0.39 is 12.1 Å². The van der Waals surface area contributed by atoms with Crippen molar-refractivity contribution in [3.05, 3.63) is 59.7 Å². The monoisotopic (exact) mass is 360 g/mol. The Morgan fingerprint density at radius 3 is 2.56 bits per heavy atom. The lowest BCUT2D eigenvalue weighted by Crippen LogP contribution is -2.48. The molecule has 2 rings (SSSR count). The Morgan fingerprint density at radius 1 is 1.16 bits per heavy atom. The van der Waals surface area contributed by atoms with Crippen molar-refractivity contribution in [2.75, 3.05) is 19.3 Å². The first-order chi connectivity index (χ1) is 12.0. The first kappa shape index (κ1) is 19.3. The average molecular weight is 360 g/mol. The molecule has 0 bridgehead atoms. The zero-order valence-corrected chi connectivity index (χ0v) is 15.2. The van der Waals surface area contributed by atoms with Crippen LogP contribution >= 0.6 is 11.8 Å². The number of hydrogen-bond acceptors (Lipinski definition) is 5. The van der Waals surface area contributed by atoms with Gasteiger partial charge in [-0.3, -0.25) is 4.79 Å². The number of amides is 1. The highest BCUT2D eigenvalue weighted by Crippen LogP contribution is 2.21. The molecule has 0 aliphatic rings. The van der Waals surface area contributed by atoms with Crippen LogP contribution in [0.25, 0.3) is 0 Å². The summed E-state index contributed by atoms with van der Waals surface area (Å²) in [5, 5.41) is 26.0. The average Bonchev–Trinajstić information content (AvgIpc) is 2.61. The molecule has 0 heterocycles. The summed E-state index contributed by atoms with van der Waals surface area (Å²) in [7, 11) is 1.76. The molecule has 134 valence electrons. The van der Waals surface area contributed by atoms with Gasteiger partial charge in [0.2, 0.25) is 0 Å². The van der Waals surface area contributed by atoms with E-state index in [0.29, 0.717) is 23.4 Å². The number of aliphatic hydroxyl groups excluding tert-OH is 1. The van der Waals surface area contributed by atoms with E-state index in [1.807, 2.05) is 30.3 Å². The number of hydrogen-bond donors (Lipinski definition) is 4. The zero-order valence-electron chi connectivity index (χ0n) is 14.4. The number of likely N-dealkylation sites (N-methyl/N-ethyl adjacent to an activating group) is 1. The van der Waals surface area contributed by atoms with Gasteiger partial charge in [-0.15, -0.1) is 11.8 Å². The van der Waals surface area contributed by atoms with E-state index >= 15 is 0 Å². The van der Waals surface area contributed by atoms with Gasteiger partial charge in [-0.25, -0.2) is 0 Å². The van der Waals surface area contributed by atoms with Gasteiger partial charge in [0.1, 0.15) is 5.75 Å². The summed E-state index contributed by atoms with van der Waals surface area (Å²) in [5.74, 6) is 0.317. The van der Waals surface area contributed by atoms with Crippen molar-refractivity contribution in [2.45, 2.75) is 24.0 Å². The highest BCUT2D eigenvalue weighted by atomic mass is 32.2. The van der Waals surface area contributed by atoms with Crippen LogP contribution in [0.4, 0.5) is 0 Å². The minimum atomic E-state index is -0.720. The summed E-state index contributed by atoms with van der Waals surface area (Å²) < 4.78 is 0. The Balaban J connectivity index is 2.09. The lowest BCUT2D eigenvalue weighted by molar-refractivity contribution is 0.0856. The molecule has 2 aromatic rings. The molecular formula is C19H24N2O3S. The minimum Gasteiger partial charge on any atom is -0.508 e. The summed E-state index contributed by atoms with van der Waals surface area (Å²) >= 11 is 1.58. The second-order valence-electron chi connectivity index (χ2n) is 5.78. The first-order valence-electron chi connectivity index (χ1n) is 8.13. The molecule has 25 heavy (non-hydrogen) atoms. The van der Waals surface area contributed by atoms with E-state index in [2.05, 4.69) is 10.6 Å². The Hall–Kier alpha value is -2.02. The molecule has 1 amide bonds. The molecule has 6 heteroatoms. The Labute approximate surface area is 152 Å². The molecule has 2 atom stereocenters. The molecule has 1 unspecified atom stereocenters. The SMILES string of the molecule is CNCC(O)[C@H](CSc1ccccc1)NC(=O)c1cccc(O)c1C. The van der Waals surface area contributed by atoms with Crippen molar-refractivity contribution in [2.24, 2.45) is 0 Å². The third-order valence-corrected chi connectivity index (χ3v) is 5.05. The summed E-state index contributed by atoms with van der Waals surface area (Å²) in [6.07, 6.45) is -0.720. The van der Waals surface area contributed by atoms with E-state index in [-0.39, 0.29) is 11.7 Å². The minimum absolute atomic E-state index is 0.0821. The number of aliphatic hydroxyl groups is 1. The zero-order chi connectivity index (χ0) is 18.2. The highest BCUT2D eigenvalue weighted by molar-refractivity contribution is 7.99. The number of thioether (sulfide) groups is 1. The van der Waals surface area contributed by atoms with Gasteiger partial charge in [0.05, 0.1) is 12.1 Å². The molecule has 0 aliphatic carbocycles. The van der Waals surface area contributed by atoms with Crippen molar-refractivity contribution in [1.29, 1.82) is 0 Å². The van der Waals surface area contributed by atoms with Crippen LogP contribution in [0.15, 0.2) is 53.4 Å². The Bertz CT molecular complexity index is 694. The molecular weight excluding hydrogens is 336 g/mol. The number of benzene rings is 2. The van der Waals surface area contributed by atoms with Gasteiger partial charge in [-0.05, 0) is 38.2 Å². The third-order valence-electron chi connectivity index (χ3n) is 3.92. The molecule has 0 spiro atoms. The molecule has 0 aromatic heterocycles. The number of phenols is 1. The highest BCUT2D eigenvalue weighted by Gasteiger charge is 2.23. The van der Waals surface area contributed by atoms with Crippen molar-refractivity contribution in [1.82, 2.24) is 10.6 Å². The van der Waals surface area contributed by atoms with Gasteiger partial charge in [-0.1, -0.05) is 24.3 Å². The maximum absolute atomic E-state index is 12.6. The third kappa shape index (κ3) is 5.49. The van der Waals surface area contributed by atoms with Crippen LogP contribution in [0.1, 0.15) is 15.9 Å². The number of nitrogens with one attached hydrogen (secondary N) is 2. The normalized spacial score (nSPS) is 13.2. The van der Waals surface area contributed by atoms with Crippen molar-refractivity contribution < 1.29 is 15.0 Å². The van der Waals surface area contributed by atoms with Crippen LogP contribution in [0.3, 0.4) is 0 Å². The van der Waals surface area contributed by atoms with E-state index in [1.54, 1.807) is 43.9 Å². The molecule has 0 fully saturated rings. The maximum atomic E-state index is 12.6. The van der Waals surface area contributed by atoms with Gasteiger partial charge in [0.15, 0.2) is 0 Å². The fourth-order valence-electron chi connectivity index (χ4n) is 2.42. The van der Waals surface area contributed by atoms with Crippen molar-refractivity contribution in [3.63, 3.8) is 0 Å². The van der Waals surface area contributed by atoms with E-state index in [9.17, 15) is 15.0 Å². The van der Waals surface area contributed by atoms with Crippen LogP contribution in [0, 0.1) is 6.92 Å². The smallest absolute Gasteiger partial charge is 0.252 e. The first-order valence-corrected chi connectivity index (χ1v) is 9.11. The quantitative estimate of drug-likeness (QED) is 0.543. The van der Waals surface area contributed by atoms with Crippen molar-refractivity contribution >= 4 is 17.7 Å². The standard InChI is InChI=1S/C19H24N2O3S/c1-13-15(9-6-10-17(13)22)19(24)21-16(18(23)11-20-2)12-25-14-7-4-3-5-8-14/h3-10,16,18,20,22-23H,11-12H2,1-2H3,(H,21,24)/t16-,18?/m0/s1. The van der Waals surface area contributed by atoms with Crippen LogP contribution in [0.2, 0.25) is 0 Å². The molecule has 0 saturated heterocycles. The Kier molecular flexibility index (Phi) is 7.31. The summed E-state index contributed by atoms with van der Waals surface area (Å²) in [5.41, 5.74) is 0.934. The predicted molar refractivity (Wildman–Crippen MR) is 101 cm³/mol. The van der Waals surface area contributed by atoms with Gasteiger partial charge >= 0.3 is 0 Å². The lowest BCUT2D eigenvalue weighted by atomic mass is 10.1. The van der Waals surface area contributed by atoms with Crippen LogP contribution in [-0.4, -0.2) is 47.6 Å². The molecule has 0 aliphatic heterocycles. The van der Waals surface area contributed by atoms with E-state index in [0.717, 1.165) is 4.90 Å². The van der Waals surface area contributed by atoms with Gasteiger partial charge in [0.25, 0.3) is 5.91 Å². The van der Waals surface area contributed by atoms with Crippen LogP contribution in [-0.2, 0) is 0 Å². The number of rotatable bonds is 8. The molecule has 2 aromatic carbocycles. The summed E-state index contributed by atoms with van der Waals surface area (Å²) in [4.78, 5) is 13.7. The molecule has 0 saturated carbocycles. The molecule has 4 N–H and O–H groups in total. The van der Waals surface area contributed by atoms with Crippen LogP contribution in [0.5, 0.6) is 5.75 Å². The second-order valence-corrected chi connectivity index (χ2v) is 6.87. The number of carbonyl (C=O) groups excluding carboxylic acids is 1. The van der Waals surface area contributed by atoms with Crippen molar-refractivity contribution in [3.8, 4) is 5.75 Å². The fourth-order valence-corrected chi connectivity index (χ4v) is 3.45. The van der Waals surface area contributed by atoms with Gasteiger partial charge in [0, 0.05) is 28.3 Å². The lowest BCUT2D eigenvalue weighted by Gasteiger charge is -2.24. The van der Waals surface area contributed by atoms with Crippen LogP contribution < -0.4 is 10.6 Å². The fraction of sp³-hybridized carbons (Fsp3) is 0.316. The number of aromatic hydroxyl groups is 1. The Morgan fingerprint density at radius 2 is 1.88 bits per heavy atom. The number of phenolic OH excluding ortho intramolecular Hbond substituents is 1. The molecule has 5 nitrogen and oxygen atoms in total. The van der Waals surface area contributed by atoms with Gasteiger partial charge < -0.3 is 20.8 Å². The summed E-state index contributed by atoms with van der Waals surface area (Å²) in [6.45, 7) is 2.07. The van der Waals surface area contributed by atoms with Gasteiger partial charge in [-0.2, -0.15) is 0 Å². The second kappa shape index (κ2) is 9.46. The predicted octanol–water partition coefficient (Wildman–Crippen LogP) is 2.17. The number of carbonyl (C=O) groups is 1. The topological polar surface area (TPSA) is 81.6 Å². The van der Waals surface area contributed by atoms with E-state index in [4.69, 9.17) is 0 Å². The molecule has 0 radical (unpaired) electrons. The summed E-state index contributed by atoms with van der Waals surface area (Å²) in [6, 6.07) is 14.3. The largest absolute Gasteiger partial charge is 0.508 e.